The van der Waals surface area contributed by atoms with Crippen LogP contribution in [0.5, 0.6) is 11.5 Å². The number of benzene rings is 1. The molecule has 1 aromatic heterocycles. The number of hydrogen-bond donors (Lipinski definition) is 1. The number of anilines is 1. The molecule has 0 saturated heterocycles. The van der Waals surface area contributed by atoms with E-state index in [0.29, 0.717) is 19.1 Å². The second kappa shape index (κ2) is 4.91. The van der Waals surface area contributed by atoms with Gasteiger partial charge in [-0.15, -0.1) is 0 Å². The van der Waals surface area contributed by atoms with Crippen molar-refractivity contribution in [2.45, 2.75) is 18.8 Å². The van der Waals surface area contributed by atoms with Gasteiger partial charge in [0.1, 0.15) is 19.0 Å². The quantitative estimate of drug-likeness (QED) is 0.938. The highest BCUT2D eigenvalue weighted by Crippen LogP contribution is 2.40. The van der Waals surface area contributed by atoms with E-state index in [1.165, 1.54) is 12.8 Å². The Morgan fingerprint density at radius 2 is 1.86 bits per heavy atom. The number of nitrogens with zero attached hydrogens (tertiary/aromatic N) is 2. The SMILES string of the molecule is CNc1cc(C2CC2)nc(-c2ccc3c(c2)OCCO3)n1. The van der Waals surface area contributed by atoms with Crippen molar-refractivity contribution in [1.82, 2.24) is 9.97 Å². The summed E-state index contributed by atoms with van der Waals surface area (Å²) in [6, 6.07) is 7.91. The molecule has 1 saturated carbocycles. The highest BCUT2D eigenvalue weighted by Gasteiger charge is 2.26. The summed E-state index contributed by atoms with van der Waals surface area (Å²) < 4.78 is 11.2. The van der Waals surface area contributed by atoms with Crippen LogP contribution < -0.4 is 14.8 Å². The topological polar surface area (TPSA) is 56.3 Å². The normalized spacial score (nSPS) is 16.6. The first-order valence-corrected chi connectivity index (χ1v) is 7.30. The molecule has 21 heavy (non-hydrogen) atoms. The molecule has 2 heterocycles. The number of aromatic nitrogens is 2. The first kappa shape index (κ1) is 12.4. The zero-order valence-electron chi connectivity index (χ0n) is 11.9. The first-order chi connectivity index (χ1) is 10.3. The van der Waals surface area contributed by atoms with Crippen LogP contribution in [0.2, 0.25) is 0 Å². The summed E-state index contributed by atoms with van der Waals surface area (Å²) in [4.78, 5) is 9.28. The summed E-state index contributed by atoms with van der Waals surface area (Å²) in [5.41, 5.74) is 2.08. The predicted molar refractivity (Wildman–Crippen MR) is 80.0 cm³/mol. The van der Waals surface area contributed by atoms with Crippen molar-refractivity contribution >= 4 is 5.82 Å². The van der Waals surface area contributed by atoms with E-state index in [1.54, 1.807) is 0 Å². The van der Waals surface area contributed by atoms with Crippen molar-refractivity contribution < 1.29 is 9.47 Å². The van der Waals surface area contributed by atoms with Gasteiger partial charge in [0.05, 0.1) is 0 Å². The Morgan fingerprint density at radius 3 is 2.62 bits per heavy atom. The van der Waals surface area contributed by atoms with Crippen LogP contribution in [0.3, 0.4) is 0 Å². The molecule has 1 aromatic carbocycles. The summed E-state index contributed by atoms with van der Waals surface area (Å²) >= 11 is 0. The van der Waals surface area contributed by atoms with Crippen LogP contribution in [-0.4, -0.2) is 30.2 Å². The molecule has 0 atom stereocenters. The van der Waals surface area contributed by atoms with Crippen LogP contribution in [0.1, 0.15) is 24.5 Å². The third-order valence-electron chi connectivity index (χ3n) is 3.80. The van der Waals surface area contributed by atoms with Gasteiger partial charge in [-0.25, -0.2) is 9.97 Å². The lowest BCUT2D eigenvalue weighted by Crippen LogP contribution is -2.15. The molecule has 0 unspecified atom stereocenters. The second-order valence-corrected chi connectivity index (χ2v) is 5.38. The molecular weight excluding hydrogens is 266 g/mol. The van der Waals surface area contributed by atoms with Gasteiger partial charge < -0.3 is 14.8 Å². The lowest BCUT2D eigenvalue weighted by atomic mass is 10.1. The number of rotatable bonds is 3. The average molecular weight is 283 g/mol. The lowest BCUT2D eigenvalue weighted by Gasteiger charge is -2.18. The molecule has 5 nitrogen and oxygen atoms in total. The maximum Gasteiger partial charge on any atom is 0.162 e. The fourth-order valence-electron chi connectivity index (χ4n) is 2.49. The number of fused-ring (bicyclic) bond motifs is 1. The van der Waals surface area contributed by atoms with Gasteiger partial charge in [-0.1, -0.05) is 0 Å². The number of ether oxygens (including phenoxy) is 2. The Hall–Kier alpha value is -2.30. The maximum absolute atomic E-state index is 5.64. The largest absolute Gasteiger partial charge is 0.486 e. The molecule has 0 spiro atoms. The Balaban J connectivity index is 1.76. The minimum Gasteiger partial charge on any atom is -0.486 e. The molecule has 2 aliphatic rings. The molecular formula is C16H17N3O2. The average Bonchev–Trinajstić information content (AvgIpc) is 3.39. The van der Waals surface area contributed by atoms with Crippen molar-refractivity contribution in [1.29, 1.82) is 0 Å². The van der Waals surface area contributed by atoms with Crippen molar-refractivity contribution in [2.75, 3.05) is 25.6 Å². The smallest absolute Gasteiger partial charge is 0.162 e. The van der Waals surface area contributed by atoms with Gasteiger partial charge in [-0.3, -0.25) is 0 Å². The summed E-state index contributed by atoms with van der Waals surface area (Å²) in [5.74, 6) is 3.75. The van der Waals surface area contributed by atoms with Gasteiger partial charge in [0.25, 0.3) is 0 Å². The van der Waals surface area contributed by atoms with Crippen LogP contribution >= 0.6 is 0 Å². The van der Waals surface area contributed by atoms with Gasteiger partial charge in [-0.05, 0) is 31.0 Å². The minimum atomic E-state index is 0.585. The van der Waals surface area contributed by atoms with Crippen LogP contribution in [0, 0.1) is 0 Å². The van der Waals surface area contributed by atoms with Gasteiger partial charge in [0.2, 0.25) is 0 Å². The molecule has 1 fully saturated rings. The Morgan fingerprint density at radius 1 is 1.05 bits per heavy atom. The molecule has 0 amide bonds. The van der Waals surface area contributed by atoms with E-state index in [0.717, 1.165) is 34.4 Å². The fraction of sp³-hybridized carbons (Fsp3) is 0.375. The third kappa shape index (κ3) is 2.39. The summed E-state index contributed by atoms with van der Waals surface area (Å²) in [5, 5.41) is 3.12. The van der Waals surface area contributed by atoms with E-state index in [2.05, 4.69) is 10.3 Å². The van der Waals surface area contributed by atoms with E-state index in [9.17, 15) is 0 Å². The molecule has 1 aliphatic carbocycles. The molecule has 5 heteroatoms. The number of nitrogens with one attached hydrogen (secondary N) is 1. The van der Waals surface area contributed by atoms with E-state index < -0.39 is 0 Å². The molecule has 108 valence electrons. The first-order valence-electron chi connectivity index (χ1n) is 7.30. The monoisotopic (exact) mass is 283 g/mol. The van der Waals surface area contributed by atoms with Gasteiger partial charge in [0.15, 0.2) is 17.3 Å². The lowest BCUT2D eigenvalue weighted by molar-refractivity contribution is 0.171. The van der Waals surface area contributed by atoms with E-state index in [1.807, 2.05) is 31.3 Å². The van der Waals surface area contributed by atoms with Crippen molar-refractivity contribution in [3.8, 4) is 22.9 Å². The maximum atomic E-state index is 5.64. The highest BCUT2D eigenvalue weighted by atomic mass is 16.6. The van der Waals surface area contributed by atoms with Crippen LogP contribution in [0.25, 0.3) is 11.4 Å². The highest BCUT2D eigenvalue weighted by molar-refractivity contribution is 5.63. The fourth-order valence-corrected chi connectivity index (χ4v) is 2.49. The van der Waals surface area contributed by atoms with E-state index >= 15 is 0 Å². The van der Waals surface area contributed by atoms with Crippen LogP contribution in [-0.2, 0) is 0 Å². The Bertz CT molecular complexity index is 683. The van der Waals surface area contributed by atoms with Crippen LogP contribution in [0.4, 0.5) is 5.82 Å². The van der Waals surface area contributed by atoms with Gasteiger partial charge in [-0.2, -0.15) is 0 Å². The molecule has 0 radical (unpaired) electrons. The van der Waals surface area contributed by atoms with Gasteiger partial charge in [0, 0.05) is 30.3 Å². The molecule has 4 rings (SSSR count). The Kier molecular flexibility index (Phi) is 2.91. The zero-order valence-corrected chi connectivity index (χ0v) is 11.9. The summed E-state index contributed by atoms with van der Waals surface area (Å²) in [6.45, 7) is 1.19. The van der Waals surface area contributed by atoms with Gasteiger partial charge >= 0.3 is 0 Å². The van der Waals surface area contributed by atoms with Crippen molar-refractivity contribution in [3.05, 3.63) is 30.0 Å². The van der Waals surface area contributed by atoms with Crippen molar-refractivity contribution in [2.24, 2.45) is 0 Å². The molecule has 2 aromatic rings. The standard InChI is InChI=1S/C16H17N3O2/c1-17-15-9-12(10-2-3-10)18-16(19-15)11-4-5-13-14(8-11)21-7-6-20-13/h4-5,8-10H,2-3,6-7H2,1H3,(H,17,18,19). The minimum absolute atomic E-state index is 0.585. The van der Waals surface area contributed by atoms with Crippen molar-refractivity contribution in [3.63, 3.8) is 0 Å². The summed E-state index contributed by atoms with van der Waals surface area (Å²) in [6.07, 6.45) is 2.45. The van der Waals surface area contributed by atoms with Crippen LogP contribution in [0.15, 0.2) is 24.3 Å². The van der Waals surface area contributed by atoms with E-state index in [4.69, 9.17) is 14.5 Å². The molecule has 1 N–H and O–H groups in total. The second-order valence-electron chi connectivity index (χ2n) is 5.38. The molecule has 0 bridgehead atoms. The third-order valence-corrected chi connectivity index (χ3v) is 3.80. The number of hydrogen-bond acceptors (Lipinski definition) is 5. The molecule has 1 aliphatic heterocycles. The Labute approximate surface area is 123 Å². The summed E-state index contributed by atoms with van der Waals surface area (Å²) in [7, 11) is 1.88. The van der Waals surface area contributed by atoms with E-state index in [-0.39, 0.29) is 0 Å². The predicted octanol–water partition coefficient (Wildman–Crippen LogP) is 2.83. The zero-order chi connectivity index (χ0) is 14.2.